The van der Waals surface area contributed by atoms with E-state index in [4.69, 9.17) is 0 Å². The fourth-order valence-corrected chi connectivity index (χ4v) is 2.46. The second kappa shape index (κ2) is 5.53. The number of aromatic nitrogens is 1. The smallest absolute Gasteiger partial charge is 0.270 e. The molecule has 1 saturated heterocycles. The van der Waals surface area contributed by atoms with Crippen LogP contribution in [0.4, 0.5) is 0 Å². The molecule has 0 saturated carbocycles. The Morgan fingerprint density at radius 2 is 1.81 bits per heavy atom. The van der Waals surface area contributed by atoms with Gasteiger partial charge >= 0.3 is 0 Å². The number of carbonyl (C=O) groups is 1. The van der Waals surface area contributed by atoms with Gasteiger partial charge in [-0.3, -0.25) is 4.79 Å². The maximum atomic E-state index is 12.2. The Bertz CT molecular complexity index is 354. The van der Waals surface area contributed by atoms with Crippen LogP contribution in [0.15, 0.2) is 16.7 Å². The van der Waals surface area contributed by atoms with Crippen molar-refractivity contribution in [2.75, 3.05) is 13.1 Å². The molecule has 0 radical (unpaired) electrons. The zero-order valence-corrected chi connectivity index (χ0v) is 10.9. The van der Waals surface area contributed by atoms with Crippen molar-refractivity contribution in [3.8, 4) is 0 Å². The summed E-state index contributed by atoms with van der Waals surface area (Å²) in [4.78, 5) is 17.1. The molecule has 1 aliphatic heterocycles. The molecule has 2 heterocycles. The van der Waals surface area contributed by atoms with Gasteiger partial charge in [-0.25, -0.2) is 0 Å². The van der Waals surface area contributed by atoms with Gasteiger partial charge < -0.3 is 9.88 Å². The maximum absolute atomic E-state index is 12.2. The van der Waals surface area contributed by atoms with Gasteiger partial charge in [-0.05, 0) is 34.8 Å². The molecule has 0 unspecified atom stereocenters. The highest BCUT2D eigenvalue weighted by Gasteiger charge is 2.17. The molecule has 1 aromatic rings. The molecule has 0 aromatic carbocycles. The van der Waals surface area contributed by atoms with Crippen molar-refractivity contribution in [3.05, 3.63) is 22.4 Å². The van der Waals surface area contributed by atoms with Crippen molar-refractivity contribution in [1.29, 1.82) is 0 Å². The number of likely N-dealkylation sites (tertiary alicyclic amines) is 1. The van der Waals surface area contributed by atoms with Crippen molar-refractivity contribution < 1.29 is 4.79 Å². The molecule has 16 heavy (non-hydrogen) atoms. The molecule has 1 aliphatic rings. The van der Waals surface area contributed by atoms with E-state index in [-0.39, 0.29) is 5.91 Å². The minimum Gasteiger partial charge on any atom is -0.356 e. The standard InChI is InChI=1S/C12H17BrN2O/c13-10-8-11(14-9-10)12(16)15-6-4-2-1-3-5-7-15/h8-9,14H,1-7H2. The summed E-state index contributed by atoms with van der Waals surface area (Å²) in [6, 6.07) is 1.85. The lowest BCUT2D eigenvalue weighted by molar-refractivity contribution is 0.0737. The molecule has 2 rings (SSSR count). The monoisotopic (exact) mass is 284 g/mol. The van der Waals surface area contributed by atoms with Crippen LogP contribution in [0.1, 0.15) is 42.6 Å². The van der Waals surface area contributed by atoms with Gasteiger partial charge in [-0.2, -0.15) is 0 Å². The molecule has 0 aliphatic carbocycles. The van der Waals surface area contributed by atoms with Crippen LogP contribution in [-0.4, -0.2) is 28.9 Å². The molecule has 1 amide bonds. The highest BCUT2D eigenvalue weighted by atomic mass is 79.9. The third-order valence-corrected chi connectivity index (χ3v) is 3.48. The van der Waals surface area contributed by atoms with Crippen LogP contribution < -0.4 is 0 Å². The summed E-state index contributed by atoms with van der Waals surface area (Å²) < 4.78 is 0.933. The fourth-order valence-electron chi connectivity index (χ4n) is 2.11. The quantitative estimate of drug-likeness (QED) is 0.845. The van der Waals surface area contributed by atoms with Gasteiger partial charge in [-0.1, -0.05) is 19.3 Å². The predicted octanol–water partition coefficient (Wildman–Crippen LogP) is 3.18. The fraction of sp³-hybridized carbons (Fsp3) is 0.583. The van der Waals surface area contributed by atoms with Crippen LogP contribution in [0.2, 0.25) is 0 Å². The van der Waals surface area contributed by atoms with Gasteiger partial charge in [0.25, 0.3) is 5.91 Å². The Balaban J connectivity index is 2.01. The molecular weight excluding hydrogens is 268 g/mol. The molecule has 0 bridgehead atoms. The highest BCUT2D eigenvalue weighted by Crippen LogP contribution is 2.15. The average Bonchev–Trinajstić information content (AvgIpc) is 2.63. The molecule has 88 valence electrons. The van der Waals surface area contributed by atoms with E-state index in [0.29, 0.717) is 5.69 Å². The van der Waals surface area contributed by atoms with Crippen LogP contribution >= 0.6 is 15.9 Å². The number of aromatic amines is 1. The number of halogens is 1. The van der Waals surface area contributed by atoms with Crippen LogP contribution in [-0.2, 0) is 0 Å². The third-order valence-electron chi connectivity index (χ3n) is 3.02. The van der Waals surface area contributed by atoms with E-state index in [9.17, 15) is 4.79 Å². The lowest BCUT2D eigenvalue weighted by Crippen LogP contribution is -2.33. The van der Waals surface area contributed by atoms with Crippen molar-refractivity contribution in [3.63, 3.8) is 0 Å². The predicted molar refractivity (Wildman–Crippen MR) is 67.5 cm³/mol. The number of amides is 1. The number of H-pyrrole nitrogens is 1. The van der Waals surface area contributed by atoms with E-state index >= 15 is 0 Å². The zero-order valence-electron chi connectivity index (χ0n) is 9.34. The number of rotatable bonds is 1. The Hall–Kier alpha value is -0.770. The van der Waals surface area contributed by atoms with Crippen molar-refractivity contribution in [2.24, 2.45) is 0 Å². The van der Waals surface area contributed by atoms with Crippen LogP contribution in [0, 0.1) is 0 Å². The Morgan fingerprint density at radius 3 is 2.38 bits per heavy atom. The van der Waals surface area contributed by atoms with Gasteiger partial charge in [0.05, 0.1) is 0 Å². The average molecular weight is 285 g/mol. The summed E-state index contributed by atoms with van der Waals surface area (Å²) in [5.41, 5.74) is 0.687. The van der Waals surface area contributed by atoms with Crippen LogP contribution in [0.25, 0.3) is 0 Å². The summed E-state index contributed by atoms with van der Waals surface area (Å²) in [5, 5.41) is 0. The summed E-state index contributed by atoms with van der Waals surface area (Å²) in [5.74, 6) is 0.132. The van der Waals surface area contributed by atoms with Gasteiger partial charge in [0.15, 0.2) is 0 Å². The van der Waals surface area contributed by atoms with Crippen LogP contribution in [0.3, 0.4) is 0 Å². The molecular formula is C12H17BrN2O. The number of nitrogens with one attached hydrogen (secondary N) is 1. The van der Waals surface area contributed by atoms with Crippen molar-refractivity contribution >= 4 is 21.8 Å². The Kier molecular flexibility index (Phi) is 4.04. The first-order valence-corrected chi connectivity index (χ1v) is 6.70. The van der Waals surface area contributed by atoms with Gasteiger partial charge in [-0.15, -0.1) is 0 Å². The number of hydrogen-bond acceptors (Lipinski definition) is 1. The summed E-state index contributed by atoms with van der Waals surface area (Å²) in [6.07, 6.45) is 7.88. The first-order chi connectivity index (χ1) is 7.77. The molecule has 3 nitrogen and oxygen atoms in total. The molecule has 1 N–H and O–H groups in total. The van der Waals surface area contributed by atoms with Crippen LogP contribution in [0.5, 0.6) is 0 Å². The second-order valence-electron chi connectivity index (χ2n) is 4.29. The molecule has 0 spiro atoms. The van der Waals surface area contributed by atoms with E-state index in [1.54, 1.807) is 6.20 Å². The van der Waals surface area contributed by atoms with E-state index in [2.05, 4.69) is 20.9 Å². The van der Waals surface area contributed by atoms with Crippen molar-refractivity contribution in [2.45, 2.75) is 32.1 Å². The second-order valence-corrected chi connectivity index (χ2v) is 5.21. The first-order valence-electron chi connectivity index (χ1n) is 5.90. The molecule has 0 atom stereocenters. The van der Waals surface area contributed by atoms with E-state index in [0.717, 1.165) is 30.4 Å². The normalized spacial score (nSPS) is 17.9. The molecule has 1 aromatic heterocycles. The van der Waals surface area contributed by atoms with E-state index in [1.807, 2.05) is 11.0 Å². The van der Waals surface area contributed by atoms with Crippen molar-refractivity contribution in [1.82, 2.24) is 9.88 Å². The lowest BCUT2D eigenvalue weighted by atomic mass is 10.1. The molecule has 1 fully saturated rings. The Labute approximate surface area is 104 Å². The maximum Gasteiger partial charge on any atom is 0.270 e. The van der Waals surface area contributed by atoms with Gasteiger partial charge in [0.2, 0.25) is 0 Å². The van der Waals surface area contributed by atoms with Gasteiger partial charge in [0, 0.05) is 23.8 Å². The lowest BCUT2D eigenvalue weighted by Gasteiger charge is -2.24. The topological polar surface area (TPSA) is 36.1 Å². The zero-order chi connectivity index (χ0) is 11.4. The SMILES string of the molecule is O=C(c1cc(Br)c[nH]1)N1CCCCCCC1. The highest BCUT2D eigenvalue weighted by molar-refractivity contribution is 9.10. The summed E-state index contributed by atoms with van der Waals surface area (Å²) >= 11 is 3.35. The summed E-state index contributed by atoms with van der Waals surface area (Å²) in [6.45, 7) is 1.80. The largest absolute Gasteiger partial charge is 0.356 e. The Morgan fingerprint density at radius 1 is 1.19 bits per heavy atom. The third kappa shape index (κ3) is 2.88. The number of hydrogen-bond donors (Lipinski definition) is 1. The first kappa shape index (κ1) is 11.7. The van der Waals surface area contributed by atoms with Gasteiger partial charge in [0.1, 0.15) is 5.69 Å². The van der Waals surface area contributed by atoms with E-state index < -0.39 is 0 Å². The number of nitrogens with zero attached hydrogens (tertiary/aromatic N) is 1. The minimum atomic E-state index is 0.132. The van der Waals surface area contributed by atoms with E-state index in [1.165, 1.54) is 19.3 Å². The number of carbonyl (C=O) groups excluding carboxylic acids is 1. The summed E-state index contributed by atoms with van der Waals surface area (Å²) in [7, 11) is 0. The minimum absolute atomic E-state index is 0.132. The molecule has 4 heteroatoms.